The van der Waals surface area contributed by atoms with Crippen LogP contribution in [0.15, 0.2) is 72.3 Å². The topological polar surface area (TPSA) is 133 Å². The number of ketones is 1. The lowest BCUT2D eigenvalue weighted by Gasteiger charge is -2.44. The molecule has 0 amide bonds. The van der Waals surface area contributed by atoms with E-state index in [0.29, 0.717) is 58.9 Å². The summed E-state index contributed by atoms with van der Waals surface area (Å²) in [5.74, 6) is 0.686. The Balaban J connectivity index is 0.00000504. The van der Waals surface area contributed by atoms with E-state index >= 15 is 0 Å². The zero-order valence-corrected chi connectivity index (χ0v) is 31.3. The molecular formula is C40H46BrN3O7. The maximum Gasteiger partial charge on any atom is 0.322 e. The first-order valence-electron chi connectivity index (χ1n) is 16.9. The number of methoxy groups -OCH3 is 4. The molecular weight excluding hydrogens is 714 g/mol. The summed E-state index contributed by atoms with van der Waals surface area (Å²) in [5, 5.41) is 11.0. The predicted octanol–water partition coefficient (Wildman–Crippen LogP) is 2.96. The van der Waals surface area contributed by atoms with Gasteiger partial charge in [-0.1, -0.05) is 43.3 Å². The molecule has 3 atom stereocenters. The third-order valence-electron chi connectivity index (χ3n) is 10.4. The summed E-state index contributed by atoms with van der Waals surface area (Å²) in [6.45, 7) is 4.49. The van der Waals surface area contributed by atoms with Gasteiger partial charge in [0.2, 0.25) is 5.78 Å². The van der Waals surface area contributed by atoms with Crippen molar-refractivity contribution in [2.24, 2.45) is 5.92 Å². The van der Waals surface area contributed by atoms with Crippen LogP contribution in [0.2, 0.25) is 0 Å². The average Bonchev–Trinajstić information content (AvgIpc) is 3.51. The van der Waals surface area contributed by atoms with Crippen molar-refractivity contribution in [2.45, 2.75) is 31.6 Å². The second-order valence-corrected chi connectivity index (χ2v) is 13.4. The highest BCUT2D eigenvalue weighted by molar-refractivity contribution is 5.95. The van der Waals surface area contributed by atoms with Crippen LogP contribution in [-0.4, -0.2) is 80.9 Å². The first kappa shape index (κ1) is 37.5. The number of hydrogen-bond donors (Lipinski definition) is 3. The lowest BCUT2D eigenvalue weighted by molar-refractivity contribution is -0.920. The molecule has 0 aliphatic carbocycles. The van der Waals surface area contributed by atoms with Gasteiger partial charge in [-0.25, -0.2) is 0 Å². The maximum atomic E-state index is 14.7. The molecule has 0 spiro atoms. The molecule has 51 heavy (non-hydrogen) atoms. The Labute approximate surface area is 309 Å². The molecule has 1 aromatic heterocycles. The van der Waals surface area contributed by atoms with Gasteiger partial charge < -0.3 is 56.2 Å². The van der Waals surface area contributed by atoms with E-state index in [9.17, 15) is 14.7 Å². The Morgan fingerprint density at radius 3 is 2.39 bits per heavy atom. The summed E-state index contributed by atoms with van der Waals surface area (Å²) < 4.78 is 23.4. The first-order valence-corrected chi connectivity index (χ1v) is 16.9. The fourth-order valence-electron chi connectivity index (χ4n) is 8.23. The molecule has 0 fully saturated rings. The number of aromatic nitrogens is 1. The standard InChI is InChI=1S/C40H45N3O7.BrH/c1-6-25-17-27-21-40(39(46)50-5,37-35(48-3)19-28(41)20-36(37)49-4)38-31(30-9-7-8-10-32(30)42-38)15-16-43(22-25,23-27)24-29(44)13-11-26-12-14-33(45)34(18-26)47-2;/h7-14,17-20,27,42H,6,15-16,21-24,41H2,1-5H3;1H/t27-,40+,43-;/m1./s1. The number of carbonyl (C=O) groups excluding carboxylic acids is 2. The number of ether oxygens (including phenoxy) is 4. The van der Waals surface area contributed by atoms with E-state index in [1.54, 1.807) is 56.7 Å². The average molecular weight is 761 g/mol. The van der Waals surface area contributed by atoms with Crippen LogP contribution in [0.3, 0.4) is 0 Å². The van der Waals surface area contributed by atoms with E-state index in [1.165, 1.54) is 19.8 Å². The highest BCUT2D eigenvalue weighted by Crippen LogP contribution is 2.52. The Hall–Kier alpha value is -4.74. The van der Waals surface area contributed by atoms with E-state index in [-0.39, 0.29) is 41.0 Å². The molecule has 0 saturated heterocycles. The van der Waals surface area contributed by atoms with Crippen LogP contribution in [0, 0.1) is 5.92 Å². The number of nitrogens with one attached hydrogen (secondary N) is 1. The van der Waals surface area contributed by atoms with Crippen LogP contribution in [0.1, 0.15) is 42.1 Å². The van der Waals surface area contributed by atoms with E-state index in [2.05, 4.69) is 24.1 Å². The zero-order valence-electron chi connectivity index (χ0n) is 29.8. The third kappa shape index (κ3) is 6.97. The number of phenolic OH excluding ortho intramolecular Hbond substituents is 1. The Morgan fingerprint density at radius 1 is 1.02 bits per heavy atom. The fourth-order valence-corrected chi connectivity index (χ4v) is 8.23. The summed E-state index contributed by atoms with van der Waals surface area (Å²) in [7, 11) is 6.04. The van der Waals surface area contributed by atoms with E-state index in [4.69, 9.17) is 24.7 Å². The molecule has 2 bridgehead atoms. The molecule has 0 radical (unpaired) electrons. The number of H-pyrrole nitrogens is 1. The van der Waals surface area contributed by atoms with Crippen molar-refractivity contribution in [1.82, 2.24) is 4.98 Å². The van der Waals surface area contributed by atoms with Gasteiger partial charge in [-0.15, -0.1) is 0 Å². The van der Waals surface area contributed by atoms with Crippen molar-refractivity contribution in [3.8, 4) is 23.0 Å². The summed E-state index contributed by atoms with van der Waals surface area (Å²) in [4.78, 5) is 32.2. The van der Waals surface area contributed by atoms with E-state index < -0.39 is 11.4 Å². The maximum absolute atomic E-state index is 14.7. The van der Waals surface area contributed by atoms with Crippen LogP contribution in [0.4, 0.5) is 5.69 Å². The molecule has 2 aliphatic rings. The largest absolute Gasteiger partial charge is 1.00 e. The smallest absolute Gasteiger partial charge is 0.322 e. The number of nitrogens with zero attached hydrogens (tertiary/aromatic N) is 1. The van der Waals surface area contributed by atoms with Crippen molar-refractivity contribution in [3.63, 3.8) is 0 Å². The van der Waals surface area contributed by atoms with Crippen molar-refractivity contribution < 1.29 is 55.1 Å². The number of rotatable bonds is 10. The Bertz CT molecular complexity index is 1980. The lowest BCUT2D eigenvalue weighted by Crippen LogP contribution is -3.00. The fraction of sp³-hybridized carbons (Fsp3) is 0.350. The summed E-state index contributed by atoms with van der Waals surface area (Å²) in [5.41, 5.74) is 10.6. The minimum atomic E-state index is -1.37. The van der Waals surface area contributed by atoms with Crippen LogP contribution in [0.5, 0.6) is 23.0 Å². The number of aromatic amines is 1. The van der Waals surface area contributed by atoms with Crippen LogP contribution in [0.25, 0.3) is 17.0 Å². The molecule has 0 saturated carbocycles. The number of hydrogen-bond acceptors (Lipinski definition) is 8. The van der Waals surface area contributed by atoms with Gasteiger partial charge in [0.1, 0.15) is 30.0 Å². The van der Waals surface area contributed by atoms with Crippen molar-refractivity contribution >= 4 is 34.4 Å². The summed E-state index contributed by atoms with van der Waals surface area (Å²) in [6.07, 6.45) is 7.44. The number of quaternary nitrogens is 1. The summed E-state index contributed by atoms with van der Waals surface area (Å²) in [6, 6.07) is 16.5. The van der Waals surface area contributed by atoms with E-state index in [1.807, 2.05) is 18.2 Å². The second kappa shape index (κ2) is 15.2. The number of fused-ring (bicyclic) bond motifs is 5. The SMILES string of the molecule is CCC1=C[C@@H]2C[C@](C(=O)OC)(c3c(OC)cc(N)cc3OC)c3[nH]c4ccccc4c3CC[N@@+](CC(=O)/C=C/c3ccc(O)c(OC)c3)(C1)C2.[Br-]. The number of nitrogens with two attached hydrogens (primary N) is 1. The molecule has 3 heterocycles. The summed E-state index contributed by atoms with van der Waals surface area (Å²) >= 11 is 0. The molecule has 4 aromatic rings. The van der Waals surface area contributed by atoms with Gasteiger partial charge in [0, 0.05) is 46.8 Å². The molecule has 4 N–H and O–H groups in total. The van der Waals surface area contributed by atoms with Crippen LogP contribution >= 0.6 is 0 Å². The number of benzene rings is 3. The van der Waals surface area contributed by atoms with Gasteiger partial charge in [-0.2, -0.15) is 0 Å². The van der Waals surface area contributed by atoms with E-state index in [0.717, 1.165) is 40.7 Å². The normalized spacial score (nSPS) is 21.4. The number of nitrogen functional groups attached to an aromatic ring is 1. The van der Waals surface area contributed by atoms with Crippen molar-refractivity contribution in [3.05, 3.63) is 94.7 Å². The molecule has 270 valence electrons. The minimum Gasteiger partial charge on any atom is -1.00 e. The number of carbonyl (C=O) groups is 2. The van der Waals surface area contributed by atoms with Crippen LogP contribution in [-0.2, 0) is 26.2 Å². The third-order valence-corrected chi connectivity index (χ3v) is 10.4. The number of esters is 1. The van der Waals surface area contributed by atoms with Crippen molar-refractivity contribution in [1.29, 1.82) is 0 Å². The Kier molecular flexibility index (Phi) is 11.2. The number of phenols is 1. The number of aromatic hydroxyl groups is 1. The van der Waals surface area contributed by atoms with Crippen LogP contribution < -0.4 is 36.9 Å². The predicted molar refractivity (Wildman–Crippen MR) is 194 cm³/mol. The number of anilines is 1. The first-order chi connectivity index (χ1) is 24.1. The highest BCUT2D eigenvalue weighted by Gasteiger charge is 2.54. The van der Waals surface area contributed by atoms with Gasteiger partial charge >= 0.3 is 5.97 Å². The molecule has 10 nitrogen and oxygen atoms in total. The number of halogens is 1. The lowest BCUT2D eigenvalue weighted by atomic mass is 9.68. The minimum absolute atomic E-state index is 0. The number of para-hydroxylation sites is 1. The molecule has 2 aliphatic heterocycles. The van der Waals surface area contributed by atoms with Gasteiger partial charge in [0.05, 0.1) is 47.1 Å². The highest BCUT2D eigenvalue weighted by atomic mass is 79.9. The zero-order chi connectivity index (χ0) is 35.6. The van der Waals surface area contributed by atoms with Gasteiger partial charge in [0.15, 0.2) is 11.5 Å². The van der Waals surface area contributed by atoms with Crippen molar-refractivity contribution in [2.75, 3.05) is 60.4 Å². The van der Waals surface area contributed by atoms with Gasteiger partial charge in [-0.3, -0.25) is 9.59 Å². The monoisotopic (exact) mass is 759 g/mol. The molecule has 11 heteroatoms. The molecule has 3 aromatic carbocycles. The van der Waals surface area contributed by atoms with Gasteiger partial charge in [0.25, 0.3) is 0 Å². The quantitative estimate of drug-likeness (QED) is 0.0740. The Morgan fingerprint density at radius 2 is 1.73 bits per heavy atom. The molecule has 6 rings (SSSR count). The van der Waals surface area contributed by atoms with Gasteiger partial charge in [-0.05, 0) is 53.8 Å². The second-order valence-electron chi connectivity index (χ2n) is 13.4. The molecule has 0 unspecified atom stereocenters.